The van der Waals surface area contributed by atoms with Gasteiger partial charge in [0.05, 0.1) is 19.8 Å². The maximum absolute atomic E-state index is 12.2. The first-order valence-corrected chi connectivity index (χ1v) is 8.91. The number of morpholine rings is 1. The highest BCUT2D eigenvalue weighted by molar-refractivity contribution is 6.06. The number of amides is 1. The van der Waals surface area contributed by atoms with Crippen LogP contribution in [0.4, 0.5) is 5.69 Å². The molecule has 26 heavy (non-hydrogen) atoms. The van der Waals surface area contributed by atoms with Crippen LogP contribution in [0.25, 0.3) is 0 Å². The second-order valence-corrected chi connectivity index (χ2v) is 5.84. The SMILES string of the molecule is CCOc1ccc(NC(=O)/C(C#N)=C\NCCCN2CCOCC2)cc1. The molecule has 0 aliphatic carbocycles. The molecule has 0 atom stereocenters. The molecule has 0 spiro atoms. The Morgan fingerprint density at radius 3 is 2.73 bits per heavy atom. The third-order valence-corrected chi connectivity index (χ3v) is 3.93. The van der Waals surface area contributed by atoms with Crippen LogP contribution in [0, 0.1) is 11.3 Å². The first-order chi connectivity index (χ1) is 12.7. The van der Waals surface area contributed by atoms with Crippen molar-refractivity contribution in [3.05, 3.63) is 36.0 Å². The summed E-state index contributed by atoms with van der Waals surface area (Å²) in [4.78, 5) is 14.5. The summed E-state index contributed by atoms with van der Waals surface area (Å²) < 4.78 is 10.7. The van der Waals surface area contributed by atoms with Crippen LogP contribution >= 0.6 is 0 Å². The molecule has 0 saturated carbocycles. The molecule has 1 amide bonds. The van der Waals surface area contributed by atoms with Gasteiger partial charge in [-0.2, -0.15) is 5.26 Å². The van der Waals surface area contributed by atoms with Gasteiger partial charge in [-0.1, -0.05) is 0 Å². The van der Waals surface area contributed by atoms with E-state index in [0.29, 0.717) is 18.8 Å². The van der Waals surface area contributed by atoms with E-state index in [2.05, 4.69) is 15.5 Å². The minimum atomic E-state index is -0.433. The number of hydrogen-bond donors (Lipinski definition) is 2. The van der Waals surface area contributed by atoms with E-state index in [9.17, 15) is 10.1 Å². The Bertz CT molecular complexity index is 631. The molecule has 1 fully saturated rings. The Morgan fingerprint density at radius 2 is 2.08 bits per heavy atom. The summed E-state index contributed by atoms with van der Waals surface area (Å²) in [6, 6.07) is 8.97. The highest BCUT2D eigenvalue weighted by Crippen LogP contribution is 2.16. The lowest BCUT2D eigenvalue weighted by Crippen LogP contribution is -2.37. The third kappa shape index (κ3) is 6.75. The van der Waals surface area contributed by atoms with Gasteiger partial charge in [0.1, 0.15) is 17.4 Å². The van der Waals surface area contributed by atoms with Crippen LogP contribution in [0.5, 0.6) is 5.75 Å². The Balaban J connectivity index is 1.74. The number of nitriles is 1. The van der Waals surface area contributed by atoms with E-state index >= 15 is 0 Å². The quantitative estimate of drug-likeness (QED) is 0.397. The fraction of sp³-hybridized carbons (Fsp3) is 0.474. The fourth-order valence-corrected chi connectivity index (χ4v) is 2.55. The van der Waals surface area contributed by atoms with Crippen molar-refractivity contribution in [1.29, 1.82) is 5.26 Å². The summed E-state index contributed by atoms with van der Waals surface area (Å²) in [6.45, 7) is 7.68. The normalized spacial score (nSPS) is 15.2. The van der Waals surface area contributed by atoms with Crippen LogP contribution < -0.4 is 15.4 Å². The summed E-state index contributed by atoms with van der Waals surface area (Å²) in [5.74, 6) is 0.306. The van der Waals surface area contributed by atoms with E-state index in [1.54, 1.807) is 24.3 Å². The second-order valence-electron chi connectivity index (χ2n) is 5.84. The molecule has 7 nitrogen and oxygen atoms in total. The zero-order chi connectivity index (χ0) is 18.6. The van der Waals surface area contributed by atoms with E-state index < -0.39 is 5.91 Å². The van der Waals surface area contributed by atoms with Crippen molar-refractivity contribution in [2.24, 2.45) is 0 Å². The Hall–Kier alpha value is -2.56. The van der Waals surface area contributed by atoms with Crippen molar-refractivity contribution in [3.8, 4) is 11.8 Å². The molecule has 7 heteroatoms. The predicted octanol–water partition coefficient (Wildman–Crippen LogP) is 1.74. The van der Waals surface area contributed by atoms with Crippen molar-refractivity contribution in [2.45, 2.75) is 13.3 Å². The Kier molecular flexibility index (Phi) is 8.46. The molecule has 2 rings (SSSR count). The van der Waals surface area contributed by atoms with Gasteiger partial charge in [-0.05, 0) is 44.2 Å². The van der Waals surface area contributed by atoms with E-state index in [0.717, 1.165) is 45.0 Å². The summed E-state index contributed by atoms with van der Waals surface area (Å²) in [6.07, 6.45) is 2.42. The smallest absolute Gasteiger partial charge is 0.267 e. The summed E-state index contributed by atoms with van der Waals surface area (Å²) in [5, 5.41) is 14.9. The average Bonchev–Trinajstić information content (AvgIpc) is 2.67. The predicted molar refractivity (Wildman–Crippen MR) is 99.8 cm³/mol. The molecule has 1 saturated heterocycles. The fourth-order valence-electron chi connectivity index (χ4n) is 2.55. The highest BCUT2D eigenvalue weighted by Gasteiger charge is 2.10. The van der Waals surface area contributed by atoms with Crippen LogP contribution in [0.2, 0.25) is 0 Å². The number of rotatable bonds is 9. The average molecular weight is 358 g/mol. The van der Waals surface area contributed by atoms with E-state index in [1.807, 2.05) is 13.0 Å². The maximum atomic E-state index is 12.2. The zero-order valence-electron chi connectivity index (χ0n) is 15.2. The molecule has 1 aliphatic heterocycles. The second kappa shape index (κ2) is 11.1. The molecule has 140 valence electrons. The molecule has 1 aliphatic rings. The minimum absolute atomic E-state index is 0.0465. The molecule has 0 aromatic heterocycles. The number of carbonyl (C=O) groups is 1. The monoisotopic (exact) mass is 358 g/mol. The largest absolute Gasteiger partial charge is 0.494 e. The number of carbonyl (C=O) groups excluding carboxylic acids is 1. The molecule has 0 bridgehead atoms. The lowest BCUT2D eigenvalue weighted by atomic mass is 10.2. The van der Waals surface area contributed by atoms with Gasteiger partial charge in [0.15, 0.2) is 0 Å². The molecule has 1 heterocycles. The molecule has 1 aromatic carbocycles. The lowest BCUT2D eigenvalue weighted by Gasteiger charge is -2.26. The number of hydrogen-bond acceptors (Lipinski definition) is 6. The zero-order valence-corrected chi connectivity index (χ0v) is 15.2. The summed E-state index contributed by atoms with van der Waals surface area (Å²) in [7, 11) is 0. The number of nitrogens with zero attached hydrogens (tertiary/aromatic N) is 2. The van der Waals surface area contributed by atoms with Gasteiger partial charge in [-0.15, -0.1) is 0 Å². The third-order valence-electron chi connectivity index (χ3n) is 3.93. The van der Waals surface area contributed by atoms with Crippen LogP contribution in [0.1, 0.15) is 13.3 Å². The van der Waals surface area contributed by atoms with Crippen molar-refractivity contribution in [2.75, 3.05) is 51.3 Å². The van der Waals surface area contributed by atoms with Crippen molar-refractivity contribution in [3.63, 3.8) is 0 Å². The van der Waals surface area contributed by atoms with E-state index in [4.69, 9.17) is 9.47 Å². The van der Waals surface area contributed by atoms with Crippen molar-refractivity contribution in [1.82, 2.24) is 10.2 Å². The first-order valence-electron chi connectivity index (χ1n) is 8.91. The molecular formula is C19H26N4O3. The minimum Gasteiger partial charge on any atom is -0.494 e. The number of anilines is 1. The summed E-state index contributed by atoms with van der Waals surface area (Å²) in [5.41, 5.74) is 0.664. The molecule has 2 N–H and O–H groups in total. The standard InChI is InChI=1S/C19H26N4O3/c1-2-26-18-6-4-17(5-7-18)22-19(24)16(14-20)15-21-8-3-9-23-10-12-25-13-11-23/h4-7,15,21H,2-3,8-13H2,1H3,(H,22,24)/b16-15-. The summed E-state index contributed by atoms with van der Waals surface area (Å²) >= 11 is 0. The highest BCUT2D eigenvalue weighted by atomic mass is 16.5. The van der Waals surface area contributed by atoms with Gasteiger partial charge >= 0.3 is 0 Å². The van der Waals surface area contributed by atoms with Gasteiger partial charge in [0.2, 0.25) is 0 Å². The van der Waals surface area contributed by atoms with E-state index in [1.165, 1.54) is 6.20 Å². The van der Waals surface area contributed by atoms with Gasteiger partial charge in [0, 0.05) is 31.5 Å². The van der Waals surface area contributed by atoms with Crippen LogP contribution in [0.15, 0.2) is 36.0 Å². The molecular weight excluding hydrogens is 332 g/mol. The molecule has 1 aromatic rings. The van der Waals surface area contributed by atoms with Crippen molar-refractivity contribution < 1.29 is 14.3 Å². The first kappa shape index (κ1) is 19.8. The van der Waals surface area contributed by atoms with E-state index in [-0.39, 0.29) is 5.57 Å². The Labute approximate surface area is 154 Å². The van der Waals surface area contributed by atoms with Crippen molar-refractivity contribution >= 4 is 11.6 Å². The lowest BCUT2D eigenvalue weighted by molar-refractivity contribution is -0.112. The maximum Gasteiger partial charge on any atom is 0.267 e. The number of benzene rings is 1. The van der Waals surface area contributed by atoms with Gasteiger partial charge in [0.25, 0.3) is 5.91 Å². The van der Waals surface area contributed by atoms with Gasteiger partial charge < -0.3 is 20.1 Å². The topological polar surface area (TPSA) is 86.6 Å². The Morgan fingerprint density at radius 1 is 1.35 bits per heavy atom. The van der Waals surface area contributed by atoms with Crippen LogP contribution in [-0.2, 0) is 9.53 Å². The molecule has 0 radical (unpaired) electrons. The number of ether oxygens (including phenoxy) is 2. The van der Waals surface area contributed by atoms with Crippen LogP contribution in [-0.4, -0.2) is 56.8 Å². The van der Waals surface area contributed by atoms with Gasteiger partial charge in [-0.3, -0.25) is 9.69 Å². The number of nitrogens with one attached hydrogen (secondary N) is 2. The molecule has 0 unspecified atom stereocenters. The van der Waals surface area contributed by atoms with Gasteiger partial charge in [-0.25, -0.2) is 0 Å². The van der Waals surface area contributed by atoms with Crippen LogP contribution in [0.3, 0.4) is 0 Å².